The van der Waals surface area contributed by atoms with Crippen molar-refractivity contribution in [3.05, 3.63) is 53.0 Å². The van der Waals surface area contributed by atoms with Crippen LogP contribution in [-0.2, 0) is 22.6 Å². The first-order valence-electron chi connectivity index (χ1n) is 10.1. The summed E-state index contributed by atoms with van der Waals surface area (Å²) >= 11 is 1.46. The summed E-state index contributed by atoms with van der Waals surface area (Å²) in [6, 6.07) is 11.3. The smallest absolute Gasteiger partial charge is 0.344 e. The molecule has 0 spiro atoms. The van der Waals surface area contributed by atoms with E-state index in [0.29, 0.717) is 28.7 Å². The molecular formula is C24H25NO6S. The van der Waals surface area contributed by atoms with Gasteiger partial charge in [-0.3, -0.25) is 0 Å². The monoisotopic (exact) mass is 455 g/mol. The molecule has 168 valence electrons. The molecule has 0 bridgehead atoms. The maximum absolute atomic E-state index is 12.2. The molecule has 0 radical (unpaired) electrons. The number of hydrogen-bond donors (Lipinski definition) is 0. The molecule has 1 aromatic heterocycles. The largest absolute Gasteiger partial charge is 0.493 e. The van der Waals surface area contributed by atoms with Gasteiger partial charge in [-0.2, -0.15) is 0 Å². The van der Waals surface area contributed by atoms with Crippen LogP contribution in [0.1, 0.15) is 25.1 Å². The van der Waals surface area contributed by atoms with Crippen molar-refractivity contribution in [2.75, 3.05) is 20.8 Å². The molecule has 1 aliphatic heterocycles. The zero-order valence-corrected chi connectivity index (χ0v) is 19.3. The van der Waals surface area contributed by atoms with Crippen LogP contribution < -0.4 is 18.9 Å². The van der Waals surface area contributed by atoms with Crippen molar-refractivity contribution in [1.82, 2.24) is 4.98 Å². The van der Waals surface area contributed by atoms with Gasteiger partial charge in [-0.05, 0) is 38.1 Å². The number of carbonyl (C=O) groups excluding carboxylic acids is 1. The summed E-state index contributed by atoms with van der Waals surface area (Å²) in [6.07, 6.45) is 0.802. The zero-order valence-electron chi connectivity index (χ0n) is 18.5. The topological polar surface area (TPSA) is 76.1 Å². The van der Waals surface area contributed by atoms with Crippen LogP contribution in [0, 0.1) is 0 Å². The average molecular weight is 456 g/mol. The minimum atomic E-state index is -0.472. The Morgan fingerprint density at radius 2 is 1.94 bits per heavy atom. The molecular weight excluding hydrogens is 430 g/mol. The second-order valence-corrected chi connectivity index (χ2v) is 8.80. The fraction of sp³-hybridized carbons (Fsp3) is 0.333. The Kier molecular flexibility index (Phi) is 6.23. The van der Waals surface area contributed by atoms with Gasteiger partial charge in [0.15, 0.2) is 29.6 Å². The number of hydrogen-bond acceptors (Lipinski definition) is 8. The zero-order chi connectivity index (χ0) is 22.7. The van der Waals surface area contributed by atoms with E-state index >= 15 is 0 Å². The summed E-state index contributed by atoms with van der Waals surface area (Å²) in [5, 5.41) is 2.66. The molecule has 32 heavy (non-hydrogen) atoms. The highest BCUT2D eigenvalue weighted by Crippen LogP contribution is 2.41. The first-order valence-corrected chi connectivity index (χ1v) is 11.0. The van der Waals surface area contributed by atoms with Crippen LogP contribution in [0.4, 0.5) is 0 Å². The van der Waals surface area contributed by atoms with E-state index < -0.39 is 5.97 Å². The molecule has 0 amide bonds. The number of rotatable bonds is 8. The fourth-order valence-electron chi connectivity index (χ4n) is 3.51. The number of methoxy groups -OCH3 is 2. The van der Waals surface area contributed by atoms with Gasteiger partial charge in [0.25, 0.3) is 0 Å². The van der Waals surface area contributed by atoms with Crippen LogP contribution in [0.25, 0.3) is 10.6 Å². The third-order valence-corrected chi connectivity index (χ3v) is 5.90. The van der Waals surface area contributed by atoms with E-state index in [-0.39, 0.29) is 18.8 Å². The number of carbonyl (C=O) groups is 1. The van der Waals surface area contributed by atoms with E-state index in [9.17, 15) is 4.79 Å². The third-order valence-electron chi connectivity index (χ3n) is 4.96. The first kappa shape index (κ1) is 22.0. The van der Waals surface area contributed by atoms with Crippen molar-refractivity contribution < 1.29 is 28.5 Å². The van der Waals surface area contributed by atoms with Gasteiger partial charge >= 0.3 is 5.97 Å². The van der Waals surface area contributed by atoms with E-state index in [1.165, 1.54) is 11.3 Å². The number of esters is 1. The van der Waals surface area contributed by atoms with E-state index in [2.05, 4.69) is 4.98 Å². The SMILES string of the molecule is COc1ccc(-c2nc(COC(=O)COc3cccc4c3OC(C)(C)C4)cs2)cc1OC. The Hall–Kier alpha value is -3.26. The summed E-state index contributed by atoms with van der Waals surface area (Å²) in [4.78, 5) is 16.8. The van der Waals surface area contributed by atoms with Gasteiger partial charge in [0.1, 0.15) is 17.2 Å². The van der Waals surface area contributed by atoms with Crippen molar-refractivity contribution in [3.63, 3.8) is 0 Å². The van der Waals surface area contributed by atoms with Crippen LogP contribution in [-0.4, -0.2) is 37.4 Å². The van der Waals surface area contributed by atoms with Gasteiger partial charge < -0.3 is 23.7 Å². The number of ether oxygens (including phenoxy) is 5. The van der Waals surface area contributed by atoms with Crippen molar-refractivity contribution in [2.24, 2.45) is 0 Å². The van der Waals surface area contributed by atoms with Crippen LogP contribution in [0.2, 0.25) is 0 Å². The molecule has 4 rings (SSSR count). The highest BCUT2D eigenvalue weighted by atomic mass is 32.1. The summed E-state index contributed by atoms with van der Waals surface area (Å²) in [6.45, 7) is 3.92. The molecule has 0 saturated carbocycles. The van der Waals surface area contributed by atoms with Gasteiger partial charge in [0.05, 0.1) is 19.9 Å². The lowest BCUT2D eigenvalue weighted by atomic mass is 10.0. The van der Waals surface area contributed by atoms with E-state index in [1.807, 2.05) is 49.6 Å². The Morgan fingerprint density at radius 1 is 1.12 bits per heavy atom. The summed E-state index contributed by atoms with van der Waals surface area (Å²) in [5.74, 6) is 2.06. The Balaban J connectivity index is 1.33. The van der Waals surface area contributed by atoms with Crippen molar-refractivity contribution in [2.45, 2.75) is 32.5 Å². The van der Waals surface area contributed by atoms with E-state index in [4.69, 9.17) is 23.7 Å². The maximum Gasteiger partial charge on any atom is 0.344 e. The number of nitrogens with zero attached hydrogens (tertiary/aromatic N) is 1. The number of benzene rings is 2. The van der Waals surface area contributed by atoms with Crippen molar-refractivity contribution in [1.29, 1.82) is 0 Å². The lowest BCUT2D eigenvalue weighted by molar-refractivity contribution is -0.147. The third kappa shape index (κ3) is 4.80. The number of para-hydroxylation sites is 1. The predicted molar refractivity (Wildman–Crippen MR) is 121 cm³/mol. The van der Waals surface area contributed by atoms with Crippen LogP contribution >= 0.6 is 11.3 Å². The average Bonchev–Trinajstić information content (AvgIpc) is 3.38. The molecule has 8 heteroatoms. The van der Waals surface area contributed by atoms with E-state index in [1.54, 1.807) is 20.3 Å². The summed E-state index contributed by atoms with van der Waals surface area (Å²) in [7, 11) is 3.18. The second-order valence-electron chi connectivity index (χ2n) is 7.95. The number of aromatic nitrogens is 1. The molecule has 0 unspecified atom stereocenters. The molecule has 2 aromatic carbocycles. The van der Waals surface area contributed by atoms with Crippen molar-refractivity contribution in [3.8, 4) is 33.6 Å². The van der Waals surface area contributed by atoms with Crippen molar-refractivity contribution >= 4 is 17.3 Å². The van der Waals surface area contributed by atoms with E-state index in [0.717, 1.165) is 22.6 Å². The highest BCUT2D eigenvalue weighted by molar-refractivity contribution is 7.13. The highest BCUT2D eigenvalue weighted by Gasteiger charge is 2.32. The van der Waals surface area contributed by atoms with Gasteiger partial charge in [0.2, 0.25) is 0 Å². The summed E-state index contributed by atoms with van der Waals surface area (Å²) < 4.78 is 27.6. The second kappa shape index (κ2) is 9.08. The fourth-order valence-corrected chi connectivity index (χ4v) is 4.31. The molecule has 2 heterocycles. The molecule has 0 atom stereocenters. The van der Waals surface area contributed by atoms with Gasteiger partial charge in [-0.15, -0.1) is 11.3 Å². The number of thiazole rings is 1. The lowest BCUT2D eigenvalue weighted by Crippen LogP contribution is -2.24. The Bertz CT molecular complexity index is 1120. The molecule has 0 N–H and O–H groups in total. The summed E-state index contributed by atoms with van der Waals surface area (Å²) in [5.41, 5.74) is 2.36. The number of fused-ring (bicyclic) bond motifs is 1. The minimum absolute atomic E-state index is 0.0718. The standard InChI is InChI=1S/C24H25NO6S/c1-24(2)11-16-6-5-7-19(22(16)31-24)29-13-21(26)30-12-17-14-32-23(25-17)15-8-9-18(27-3)20(10-15)28-4/h5-10,14H,11-13H2,1-4H3. The Morgan fingerprint density at radius 3 is 2.72 bits per heavy atom. The normalized spacial score (nSPS) is 13.8. The first-order chi connectivity index (χ1) is 15.4. The Labute approximate surface area is 190 Å². The molecule has 3 aromatic rings. The predicted octanol–water partition coefficient (Wildman–Crippen LogP) is 4.66. The van der Waals surface area contributed by atoms with Gasteiger partial charge in [-0.1, -0.05) is 12.1 Å². The van der Waals surface area contributed by atoms with Gasteiger partial charge in [0, 0.05) is 22.9 Å². The molecule has 7 nitrogen and oxygen atoms in total. The molecule has 0 fully saturated rings. The van der Waals surface area contributed by atoms with Crippen LogP contribution in [0.5, 0.6) is 23.0 Å². The minimum Gasteiger partial charge on any atom is -0.493 e. The molecule has 1 aliphatic rings. The molecule has 0 saturated heterocycles. The maximum atomic E-state index is 12.2. The quantitative estimate of drug-likeness (QED) is 0.457. The molecule has 0 aliphatic carbocycles. The lowest BCUT2D eigenvalue weighted by Gasteiger charge is -2.18. The van der Waals surface area contributed by atoms with Crippen LogP contribution in [0.3, 0.4) is 0 Å². The van der Waals surface area contributed by atoms with Gasteiger partial charge in [-0.25, -0.2) is 9.78 Å². The van der Waals surface area contributed by atoms with Crippen LogP contribution in [0.15, 0.2) is 41.8 Å².